The van der Waals surface area contributed by atoms with Crippen molar-refractivity contribution in [3.63, 3.8) is 0 Å². The fourth-order valence-corrected chi connectivity index (χ4v) is 5.29. The molecule has 0 bridgehead atoms. The zero-order valence-corrected chi connectivity index (χ0v) is 14.6. The molecule has 0 radical (unpaired) electrons. The summed E-state index contributed by atoms with van der Waals surface area (Å²) in [5.41, 5.74) is 4.08. The lowest BCUT2D eigenvalue weighted by Crippen LogP contribution is -2.45. The zero-order valence-electron chi connectivity index (χ0n) is 13.7. The number of nitrogens with zero attached hydrogens (tertiary/aromatic N) is 1. The second kappa shape index (κ2) is 6.05. The molecule has 3 aromatic carbocycles. The summed E-state index contributed by atoms with van der Waals surface area (Å²) in [5.74, 6) is 0. The van der Waals surface area contributed by atoms with Crippen molar-refractivity contribution in [2.75, 3.05) is 0 Å². The lowest BCUT2D eigenvalue weighted by molar-refractivity contribution is -0.691. The van der Waals surface area contributed by atoms with Crippen LogP contribution in [0.5, 0.6) is 0 Å². The Morgan fingerprint density at radius 2 is 1.32 bits per heavy atom. The molecule has 0 N–H and O–H groups in total. The van der Waals surface area contributed by atoms with Gasteiger partial charge in [0.15, 0.2) is 12.2 Å². The fourth-order valence-electron chi connectivity index (χ4n) is 3.82. The highest BCUT2D eigenvalue weighted by Crippen LogP contribution is 2.48. The Hall–Kier alpha value is -2.58. The van der Waals surface area contributed by atoms with Crippen LogP contribution < -0.4 is 4.57 Å². The molecule has 2 heterocycles. The van der Waals surface area contributed by atoms with Crippen LogP contribution in [-0.4, -0.2) is 0 Å². The second-order valence-electron chi connectivity index (χ2n) is 6.41. The molecule has 5 rings (SSSR count). The maximum absolute atomic E-state index is 2.47. The third-order valence-corrected chi connectivity index (χ3v) is 6.29. The van der Waals surface area contributed by atoms with E-state index < -0.39 is 0 Å². The van der Waals surface area contributed by atoms with Gasteiger partial charge in [-0.15, -0.1) is 11.8 Å². The molecule has 0 spiro atoms. The third-order valence-electron chi connectivity index (χ3n) is 4.92. The number of aromatic nitrogens is 1. The van der Waals surface area contributed by atoms with Gasteiger partial charge < -0.3 is 0 Å². The van der Waals surface area contributed by atoms with Crippen molar-refractivity contribution in [3.8, 4) is 0 Å². The highest BCUT2D eigenvalue weighted by atomic mass is 32.2. The predicted molar refractivity (Wildman–Crippen MR) is 104 cm³/mol. The zero-order chi connectivity index (χ0) is 16.6. The number of para-hydroxylation sites is 1. The van der Waals surface area contributed by atoms with Gasteiger partial charge in [0.25, 0.3) is 0 Å². The van der Waals surface area contributed by atoms with Gasteiger partial charge in [0.1, 0.15) is 5.25 Å². The summed E-state index contributed by atoms with van der Waals surface area (Å²) in [7, 11) is 0. The molecule has 0 saturated heterocycles. The summed E-state index contributed by atoms with van der Waals surface area (Å²) in [6.07, 6.45) is 2.24. The van der Waals surface area contributed by atoms with Gasteiger partial charge in [-0.05, 0) is 23.8 Å². The first-order valence-electron chi connectivity index (χ1n) is 8.61. The Morgan fingerprint density at radius 3 is 2.08 bits per heavy atom. The monoisotopic (exact) mass is 340 g/mol. The lowest BCUT2D eigenvalue weighted by atomic mass is 9.96. The van der Waals surface area contributed by atoms with E-state index >= 15 is 0 Å². The topological polar surface area (TPSA) is 3.88 Å². The van der Waals surface area contributed by atoms with E-state index in [4.69, 9.17) is 0 Å². The van der Waals surface area contributed by atoms with Gasteiger partial charge in [-0.3, -0.25) is 0 Å². The largest absolute Gasteiger partial charge is 0.226 e. The molecule has 1 aliphatic rings. The summed E-state index contributed by atoms with van der Waals surface area (Å²) in [4.78, 5) is 1.36. The maximum atomic E-state index is 2.47. The Morgan fingerprint density at radius 1 is 0.640 bits per heavy atom. The molecule has 0 amide bonds. The van der Waals surface area contributed by atoms with E-state index in [0.29, 0.717) is 5.25 Å². The summed E-state index contributed by atoms with van der Waals surface area (Å²) < 4.78 is 2.47. The van der Waals surface area contributed by atoms with Crippen molar-refractivity contribution in [1.82, 2.24) is 0 Å². The van der Waals surface area contributed by atoms with Crippen molar-refractivity contribution in [2.24, 2.45) is 0 Å². The van der Waals surface area contributed by atoms with Gasteiger partial charge in [-0.2, -0.15) is 4.57 Å². The van der Waals surface area contributed by atoms with Crippen LogP contribution in [0.15, 0.2) is 102 Å². The minimum absolute atomic E-state index is 0.284. The van der Waals surface area contributed by atoms with Gasteiger partial charge >= 0.3 is 0 Å². The molecule has 0 fully saturated rings. The average molecular weight is 340 g/mol. The van der Waals surface area contributed by atoms with Crippen molar-refractivity contribution < 1.29 is 4.57 Å². The number of benzene rings is 3. The summed E-state index contributed by atoms with van der Waals surface area (Å²) in [5, 5.41) is 1.66. The maximum Gasteiger partial charge on any atom is 0.226 e. The van der Waals surface area contributed by atoms with Gasteiger partial charge in [0.2, 0.25) is 5.52 Å². The molecule has 4 aromatic rings. The standard InChI is InChI=1S/C23H18NS/c1-3-9-18(10-4-1)22-23(19-11-5-2-6-12-19)25-20-15-7-13-17-14-8-16-24(22)21(17)20/h1-16,22-23H/q+1/t22-,23+/m1/s1. The normalized spacial score (nSPS) is 19.0. The molecule has 120 valence electrons. The van der Waals surface area contributed by atoms with Gasteiger partial charge in [0.05, 0.1) is 4.90 Å². The molecule has 1 aliphatic heterocycles. The Labute approximate surface area is 152 Å². The molecule has 0 saturated carbocycles. The van der Waals surface area contributed by atoms with Crippen molar-refractivity contribution >= 4 is 22.7 Å². The van der Waals surface area contributed by atoms with Gasteiger partial charge in [0, 0.05) is 17.0 Å². The van der Waals surface area contributed by atoms with Crippen LogP contribution in [0.1, 0.15) is 22.4 Å². The van der Waals surface area contributed by atoms with E-state index in [9.17, 15) is 0 Å². The van der Waals surface area contributed by atoms with Crippen molar-refractivity contribution in [1.29, 1.82) is 0 Å². The first-order valence-corrected chi connectivity index (χ1v) is 9.49. The molecule has 1 aromatic heterocycles. The summed E-state index contributed by atoms with van der Waals surface area (Å²) in [6.45, 7) is 0. The predicted octanol–water partition coefficient (Wildman–Crippen LogP) is 5.56. The fraction of sp³-hybridized carbons (Fsp3) is 0.0870. The number of pyridine rings is 1. The van der Waals surface area contributed by atoms with Crippen LogP contribution in [0.3, 0.4) is 0 Å². The van der Waals surface area contributed by atoms with E-state index in [1.165, 1.54) is 26.9 Å². The van der Waals surface area contributed by atoms with Crippen LogP contribution >= 0.6 is 11.8 Å². The van der Waals surface area contributed by atoms with Crippen molar-refractivity contribution in [3.05, 3.63) is 108 Å². The number of hydrogen-bond acceptors (Lipinski definition) is 1. The lowest BCUT2D eigenvalue weighted by Gasteiger charge is -2.28. The highest BCUT2D eigenvalue weighted by Gasteiger charge is 2.39. The van der Waals surface area contributed by atoms with Crippen LogP contribution in [0.4, 0.5) is 0 Å². The third kappa shape index (κ3) is 2.45. The van der Waals surface area contributed by atoms with Crippen LogP contribution in [-0.2, 0) is 0 Å². The van der Waals surface area contributed by atoms with E-state index in [0.717, 1.165) is 0 Å². The first-order chi connectivity index (χ1) is 12.4. The Bertz CT molecular complexity index is 1020. The summed E-state index contributed by atoms with van der Waals surface area (Å²) in [6, 6.07) is 33.0. The van der Waals surface area contributed by atoms with Crippen LogP contribution in [0, 0.1) is 0 Å². The molecule has 25 heavy (non-hydrogen) atoms. The quantitative estimate of drug-likeness (QED) is 0.432. The number of hydrogen-bond donors (Lipinski definition) is 0. The molecule has 0 unspecified atom stereocenters. The van der Waals surface area contributed by atoms with Crippen molar-refractivity contribution in [2.45, 2.75) is 16.2 Å². The van der Waals surface area contributed by atoms with Gasteiger partial charge in [-0.1, -0.05) is 66.7 Å². The Balaban J connectivity index is 1.79. The van der Waals surface area contributed by atoms with E-state index in [-0.39, 0.29) is 6.04 Å². The minimum atomic E-state index is 0.284. The summed E-state index contributed by atoms with van der Waals surface area (Å²) >= 11 is 1.98. The SMILES string of the molecule is c1ccc([C@@H]2[C@H](c3ccccc3)Sc3cccc4ccc[n+]2c34)cc1. The average Bonchev–Trinajstić information content (AvgIpc) is 2.69. The molecule has 2 atom stereocenters. The second-order valence-corrected chi connectivity index (χ2v) is 7.60. The Kier molecular flexibility index (Phi) is 3.57. The first kappa shape index (κ1) is 14.7. The van der Waals surface area contributed by atoms with E-state index in [1.807, 2.05) is 11.8 Å². The molecule has 1 nitrogen and oxygen atoms in total. The van der Waals surface area contributed by atoms with Crippen LogP contribution in [0.25, 0.3) is 10.9 Å². The van der Waals surface area contributed by atoms with E-state index in [1.54, 1.807) is 0 Å². The molecular formula is C23H18NS+. The number of rotatable bonds is 2. The minimum Gasteiger partial charge on any atom is -0.189 e. The van der Waals surface area contributed by atoms with Crippen LogP contribution in [0.2, 0.25) is 0 Å². The van der Waals surface area contributed by atoms with Gasteiger partial charge in [-0.25, -0.2) is 0 Å². The smallest absolute Gasteiger partial charge is 0.189 e. The molecule has 0 aliphatic carbocycles. The van der Waals surface area contributed by atoms with E-state index in [2.05, 4.69) is 102 Å². The number of thioether (sulfide) groups is 1. The molecule has 2 heteroatoms. The highest BCUT2D eigenvalue weighted by molar-refractivity contribution is 7.99. The molecular weight excluding hydrogens is 322 g/mol.